The minimum Gasteiger partial charge on any atom is -0.494 e. The van der Waals surface area contributed by atoms with Gasteiger partial charge in [0.15, 0.2) is 11.6 Å². The number of hydrogen-bond donors (Lipinski definition) is 0. The van der Waals surface area contributed by atoms with Gasteiger partial charge in [-0.1, -0.05) is 18.2 Å². The van der Waals surface area contributed by atoms with Gasteiger partial charge in [-0.3, -0.25) is 4.90 Å². The number of hydrogen-bond acceptors (Lipinski definition) is 4. The van der Waals surface area contributed by atoms with Gasteiger partial charge in [0, 0.05) is 43.1 Å². The van der Waals surface area contributed by atoms with Crippen LogP contribution in [0.5, 0.6) is 5.75 Å². The smallest absolute Gasteiger partial charge is 0.165 e. The molecule has 0 spiro atoms. The quantitative estimate of drug-likeness (QED) is 0.596. The maximum absolute atomic E-state index is 14.4. The molecule has 158 valence electrons. The molecule has 0 N–H and O–H groups in total. The van der Waals surface area contributed by atoms with Crippen molar-refractivity contribution in [2.24, 2.45) is 0 Å². The summed E-state index contributed by atoms with van der Waals surface area (Å²) in [5, 5.41) is 4.86. The summed E-state index contributed by atoms with van der Waals surface area (Å²) in [7, 11) is 3.61. The Hall–Kier alpha value is -2.70. The fraction of sp³-hybridized carbons (Fsp3) is 0.375. The summed E-state index contributed by atoms with van der Waals surface area (Å²) in [5.41, 5.74) is 4.76. The van der Waals surface area contributed by atoms with Crippen LogP contribution in [0.25, 0.3) is 16.9 Å². The molecule has 0 atom stereocenters. The van der Waals surface area contributed by atoms with E-state index in [-0.39, 0.29) is 11.6 Å². The molecular formula is C24H28FN3O2. The van der Waals surface area contributed by atoms with Crippen LogP contribution < -0.4 is 4.74 Å². The monoisotopic (exact) mass is 409 g/mol. The summed E-state index contributed by atoms with van der Waals surface area (Å²) in [6.45, 7) is 4.40. The molecule has 5 nitrogen and oxygen atoms in total. The zero-order valence-corrected chi connectivity index (χ0v) is 17.8. The number of para-hydroxylation sites is 1. The lowest BCUT2D eigenvalue weighted by atomic mass is 10.0. The van der Waals surface area contributed by atoms with Crippen molar-refractivity contribution < 1.29 is 13.9 Å². The van der Waals surface area contributed by atoms with E-state index in [0.717, 1.165) is 60.7 Å². The fourth-order valence-corrected chi connectivity index (χ4v) is 4.05. The van der Waals surface area contributed by atoms with Crippen LogP contribution >= 0.6 is 0 Å². The van der Waals surface area contributed by atoms with E-state index in [0.29, 0.717) is 6.04 Å². The maximum atomic E-state index is 14.4. The molecule has 0 unspecified atom stereocenters. The van der Waals surface area contributed by atoms with Crippen LogP contribution in [0.2, 0.25) is 0 Å². The number of nitrogens with zero attached hydrogens (tertiary/aromatic N) is 3. The summed E-state index contributed by atoms with van der Waals surface area (Å²) in [6, 6.07) is 13.6. The van der Waals surface area contributed by atoms with E-state index in [2.05, 4.69) is 31.1 Å². The van der Waals surface area contributed by atoms with Crippen LogP contribution in [-0.4, -0.2) is 48.1 Å². The van der Waals surface area contributed by atoms with Gasteiger partial charge in [0.1, 0.15) is 0 Å². The molecule has 3 aromatic rings. The molecule has 4 rings (SSSR count). The zero-order chi connectivity index (χ0) is 21.1. The van der Waals surface area contributed by atoms with E-state index in [1.807, 2.05) is 28.9 Å². The molecule has 0 radical (unpaired) electrons. The van der Waals surface area contributed by atoms with Gasteiger partial charge in [-0.15, -0.1) is 0 Å². The second-order valence-corrected chi connectivity index (χ2v) is 7.84. The Kier molecular flexibility index (Phi) is 6.16. The highest BCUT2D eigenvalue weighted by Gasteiger charge is 2.22. The van der Waals surface area contributed by atoms with E-state index in [9.17, 15) is 4.39 Å². The summed E-state index contributed by atoms with van der Waals surface area (Å²) in [6.07, 6.45) is 4.11. The first-order chi connectivity index (χ1) is 14.6. The minimum atomic E-state index is -0.385. The molecule has 2 aromatic carbocycles. The molecule has 30 heavy (non-hydrogen) atoms. The Morgan fingerprint density at radius 2 is 1.97 bits per heavy atom. The Balaban J connectivity index is 1.73. The summed E-state index contributed by atoms with van der Waals surface area (Å²) >= 11 is 0. The third kappa shape index (κ3) is 4.25. The first-order valence-electron chi connectivity index (χ1n) is 10.3. The first kappa shape index (κ1) is 20.6. The van der Waals surface area contributed by atoms with Gasteiger partial charge in [0.25, 0.3) is 0 Å². The van der Waals surface area contributed by atoms with Crippen molar-refractivity contribution in [1.82, 2.24) is 14.7 Å². The van der Waals surface area contributed by atoms with Gasteiger partial charge in [0.2, 0.25) is 0 Å². The molecule has 0 aliphatic carbocycles. The van der Waals surface area contributed by atoms with Gasteiger partial charge in [0.05, 0.1) is 18.5 Å². The largest absolute Gasteiger partial charge is 0.494 e. The standard InChI is InChI=1S/C24H28FN3O2/c1-17-6-4-5-7-22(17)28-16-19(15-27(2)20-10-12-30-13-11-20)24(26-28)18-8-9-23(29-3)21(25)14-18/h4-9,14,16,20H,10-13,15H2,1-3H3. The number of ether oxygens (including phenoxy) is 2. The van der Waals surface area contributed by atoms with Gasteiger partial charge >= 0.3 is 0 Å². The van der Waals surface area contributed by atoms with Crippen LogP contribution in [0.4, 0.5) is 4.39 Å². The fourth-order valence-electron chi connectivity index (χ4n) is 4.05. The number of methoxy groups -OCH3 is 1. The van der Waals surface area contributed by atoms with Crippen LogP contribution in [-0.2, 0) is 11.3 Å². The normalized spacial score (nSPS) is 15.0. The van der Waals surface area contributed by atoms with Gasteiger partial charge < -0.3 is 9.47 Å². The van der Waals surface area contributed by atoms with Crippen LogP contribution in [0.3, 0.4) is 0 Å². The second kappa shape index (κ2) is 8.98. The molecule has 0 amide bonds. The van der Waals surface area contributed by atoms with E-state index in [1.165, 1.54) is 13.2 Å². The van der Waals surface area contributed by atoms with E-state index < -0.39 is 0 Å². The molecule has 1 aliphatic rings. The lowest BCUT2D eigenvalue weighted by molar-refractivity contribution is 0.0407. The van der Waals surface area contributed by atoms with Gasteiger partial charge in [-0.05, 0) is 56.6 Å². The molecular weight excluding hydrogens is 381 g/mol. The highest BCUT2D eigenvalue weighted by molar-refractivity contribution is 5.64. The van der Waals surface area contributed by atoms with Crippen LogP contribution in [0.15, 0.2) is 48.7 Å². The molecule has 0 bridgehead atoms. The number of benzene rings is 2. The molecule has 1 aromatic heterocycles. The summed E-state index contributed by atoms with van der Waals surface area (Å²) in [4.78, 5) is 2.35. The second-order valence-electron chi connectivity index (χ2n) is 7.84. The number of aryl methyl sites for hydroxylation is 1. The van der Waals surface area contributed by atoms with Crippen LogP contribution in [0.1, 0.15) is 24.0 Å². The molecule has 6 heteroatoms. The van der Waals surface area contributed by atoms with Crippen LogP contribution in [0, 0.1) is 12.7 Å². The van der Waals surface area contributed by atoms with Crippen molar-refractivity contribution in [2.75, 3.05) is 27.4 Å². The molecule has 1 saturated heterocycles. The van der Waals surface area contributed by atoms with Crippen molar-refractivity contribution in [2.45, 2.75) is 32.4 Å². The predicted molar refractivity (Wildman–Crippen MR) is 116 cm³/mol. The van der Waals surface area contributed by atoms with Crippen molar-refractivity contribution in [3.63, 3.8) is 0 Å². The highest BCUT2D eigenvalue weighted by atomic mass is 19.1. The van der Waals surface area contributed by atoms with Crippen molar-refractivity contribution in [3.8, 4) is 22.7 Å². The Labute approximate surface area is 177 Å². The average Bonchev–Trinajstić information content (AvgIpc) is 3.18. The third-order valence-corrected chi connectivity index (χ3v) is 5.81. The predicted octanol–water partition coefficient (Wildman–Crippen LogP) is 4.61. The van der Waals surface area contributed by atoms with Crippen molar-refractivity contribution in [1.29, 1.82) is 0 Å². The molecule has 1 aliphatic heterocycles. The highest BCUT2D eigenvalue weighted by Crippen LogP contribution is 2.30. The van der Waals surface area contributed by atoms with Crippen molar-refractivity contribution >= 4 is 0 Å². The molecule has 2 heterocycles. The Morgan fingerprint density at radius 1 is 1.20 bits per heavy atom. The third-order valence-electron chi connectivity index (χ3n) is 5.81. The number of rotatable bonds is 6. The summed E-state index contributed by atoms with van der Waals surface area (Å²) < 4.78 is 26.9. The minimum absolute atomic E-state index is 0.234. The SMILES string of the molecule is COc1ccc(-c2nn(-c3ccccc3C)cc2CN(C)C2CCOCC2)cc1F. The summed E-state index contributed by atoms with van der Waals surface area (Å²) in [5.74, 6) is -0.151. The van der Waals surface area contributed by atoms with E-state index in [1.54, 1.807) is 6.07 Å². The lowest BCUT2D eigenvalue weighted by Crippen LogP contribution is -2.36. The van der Waals surface area contributed by atoms with Crippen molar-refractivity contribution in [3.05, 3.63) is 65.6 Å². The zero-order valence-electron chi connectivity index (χ0n) is 17.8. The van der Waals surface area contributed by atoms with Gasteiger partial charge in [-0.2, -0.15) is 5.10 Å². The van der Waals surface area contributed by atoms with E-state index in [4.69, 9.17) is 14.6 Å². The first-order valence-corrected chi connectivity index (χ1v) is 10.3. The van der Waals surface area contributed by atoms with E-state index >= 15 is 0 Å². The number of halogens is 1. The topological polar surface area (TPSA) is 39.5 Å². The molecule has 1 fully saturated rings. The Morgan fingerprint density at radius 3 is 2.67 bits per heavy atom. The average molecular weight is 410 g/mol. The maximum Gasteiger partial charge on any atom is 0.165 e. The molecule has 0 saturated carbocycles. The Bertz CT molecular complexity index is 1010. The number of aromatic nitrogens is 2. The lowest BCUT2D eigenvalue weighted by Gasteiger charge is -2.31. The van der Waals surface area contributed by atoms with Gasteiger partial charge in [-0.25, -0.2) is 9.07 Å².